The third-order valence-corrected chi connectivity index (χ3v) is 1.77. The van der Waals surface area contributed by atoms with Gasteiger partial charge in [-0.25, -0.2) is 9.37 Å². The zero-order valence-corrected chi connectivity index (χ0v) is 8.99. The topological polar surface area (TPSA) is 33.2 Å². The van der Waals surface area contributed by atoms with Gasteiger partial charge in [0, 0.05) is 25.9 Å². The number of rotatable bonds is 3. The molecule has 0 aliphatic rings. The van der Waals surface area contributed by atoms with Gasteiger partial charge in [-0.05, 0) is 19.1 Å². The molecular weight excluding hydrogens is 195 g/mol. The van der Waals surface area contributed by atoms with Gasteiger partial charge in [-0.2, -0.15) is 0 Å². The van der Waals surface area contributed by atoms with Crippen LogP contribution in [0.5, 0.6) is 0 Å². The molecular formula is C11H13FN2O. The summed E-state index contributed by atoms with van der Waals surface area (Å²) in [7, 11) is 3.66. The highest BCUT2D eigenvalue weighted by molar-refractivity contribution is 6.06. The number of carbonyl (C=O) groups is 1. The number of Topliss-reactive ketones (excluding diaryl/α,β-unsaturated/α-hetero) is 1. The van der Waals surface area contributed by atoms with E-state index in [0.29, 0.717) is 5.57 Å². The summed E-state index contributed by atoms with van der Waals surface area (Å²) in [5.74, 6) is -0.635. The lowest BCUT2D eigenvalue weighted by atomic mass is 10.1. The Labute approximate surface area is 88.2 Å². The lowest BCUT2D eigenvalue weighted by Crippen LogP contribution is -2.09. The molecule has 1 rings (SSSR count). The molecule has 0 N–H and O–H groups in total. The van der Waals surface area contributed by atoms with E-state index < -0.39 is 5.82 Å². The van der Waals surface area contributed by atoms with Crippen LogP contribution in [0.15, 0.2) is 30.1 Å². The maximum atomic E-state index is 12.6. The number of allylic oxidation sites excluding steroid dienone is 1. The van der Waals surface area contributed by atoms with Gasteiger partial charge >= 0.3 is 0 Å². The van der Waals surface area contributed by atoms with E-state index in [9.17, 15) is 9.18 Å². The summed E-state index contributed by atoms with van der Waals surface area (Å²) in [4.78, 5) is 17.2. The summed E-state index contributed by atoms with van der Waals surface area (Å²) in [6.07, 6.45) is 2.74. The molecule has 1 heterocycles. The molecule has 0 aromatic carbocycles. The first-order valence-electron chi connectivity index (χ1n) is 4.52. The van der Waals surface area contributed by atoms with Crippen LogP contribution < -0.4 is 0 Å². The third-order valence-electron chi connectivity index (χ3n) is 1.77. The molecule has 80 valence electrons. The first-order valence-corrected chi connectivity index (χ1v) is 4.52. The summed E-state index contributed by atoms with van der Waals surface area (Å²) < 4.78 is 12.6. The molecule has 0 saturated heterocycles. The number of carbonyl (C=O) groups excluding carboxylic acids is 1. The number of ketones is 1. The maximum Gasteiger partial charge on any atom is 0.208 e. The van der Waals surface area contributed by atoms with Crippen molar-refractivity contribution in [3.8, 4) is 0 Å². The van der Waals surface area contributed by atoms with Gasteiger partial charge in [0.15, 0.2) is 0 Å². The Bertz CT molecular complexity index is 382. The Balaban J connectivity index is 2.90. The van der Waals surface area contributed by atoms with Crippen LogP contribution in [0.3, 0.4) is 0 Å². The van der Waals surface area contributed by atoms with E-state index in [-0.39, 0.29) is 11.5 Å². The minimum atomic E-state index is -0.444. The van der Waals surface area contributed by atoms with E-state index >= 15 is 0 Å². The lowest BCUT2D eigenvalue weighted by Gasteiger charge is -2.06. The third kappa shape index (κ3) is 3.16. The van der Waals surface area contributed by atoms with Gasteiger partial charge in [-0.15, -0.1) is 0 Å². The predicted octanol–water partition coefficient (Wildman–Crippen LogP) is 1.87. The van der Waals surface area contributed by atoms with Crippen molar-refractivity contribution >= 4 is 5.78 Å². The molecule has 0 amide bonds. The van der Waals surface area contributed by atoms with Crippen LogP contribution >= 0.6 is 0 Å². The lowest BCUT2D eigenvalue weighted by molar-refractivity contribution is 0.102. The molecule has 0 unspecified atom stereocenters. The van der Waals surface area contributed by atoms with E-state index in [1.807, 2.05) is 14.1 Å². The van der Waals surface area contributed by atoms with Crippen molar-refractivity contribution in [2.45, 2.75) is 6.92 Å². The van der Waals surface area contributed by atoms with Crippen LogP contribution in [0.1, 0.15) is 17.4 Å². The van der Waals surface area contributed by atoms with Crippen molar-refractivity contribution in [2.24, 2.45) is 0 Å². The van der Waals surface area contributed by atoms with Crippen molar-refractivity contribution < 1.29 is 9.18 Å². The average Bonchev–Trinajstić information content (AvgIpc) is 2.17. The summed E-state index contributed by atoms with van der Waals surface area (Å²) in [6, 6.07) is 2.60. The van der Waals surface area contributed by atoms with E-state index in [1.165, 1.54) is 12.1 Å². The van der Waals surface area contributed by atoms with Crippen molar-refractivity contribution in [2.75, 3.05) is 14.1 Å². The van der Waals surface area contributed by atoms with Gasteiger partial charge in [0.2, 0.25) is 5.78 Å². The van der Waals surface area contributed by atoms with Crippen molar-refractivity contribution in [1.82, 2.24) is 9.88 Å². The number of hydrogen-bond acceptors (Lipinski definition) is 3. The van der Waals surface area contributed by atoms with Crippen LogP contribution in [-0.2, 0) is 0 Å². The number of aromatic nitrogens is 1. The highest BCUT2D eigenvalue weighted by atomic mass is 19.1. The highest BCUT2D eigenvalue weighted by Gasteiger charge is 2.09. The number of pyridine rings is 1. The second kappa shape index (κ2) is 4.68. The van der Waals surface area contributed by atoms with Crippen LogP contribution in [0.2, 0.25) is 0 Å². The van der Waals surface area contributed by atoms with E-state index in [0.717, 1.165) is 6.20 Å². The summed E-state index contributed by atoms with van der Waals surface area (Å²) in [5.41, 5.74) is 0.825. The first kappa shape index (κ1) is 11.4. The first-order chi connectivity index (χ1) is 7.00. The Hall–Kier alpha value is -1.71. The highest BCUT2D eigenvalue weighted by Crippen LogP contribution is 2.06. The summed E-state index contributed by atoms with van der Waals surface area (Å²) in [5, 5.41) is 0. The number of nitrogens with zero attached hydrogens (tertiary/aromatic N) is 2. The van der Waals surface area contributed by atoms with Gasteiger partial charge in [-0.1, -0.05) is 0 Å². The van der Waals surface area contributed by atoms with E-state index in [4.69, 9.17) is 0 Å². The molecule has 0 spiro atoms. The average molecular weight is 208 g/mol. The molecule has 0 aliphatic heterocycles. The summed E-state index contributed by atoms with van der Waals surface area (Å²) in [6.45, 7) is 1.70. The normalized spacial score (nSPS) is 11.3. The molecule has 4 heteroatoms. The van der Waals surface area contributed by atoms with Gasteiger partial charge < -0.3 is 4.90 Å². The Morgan fingerprint density at radius 3 is 2.60 bits per heavy atom. The molecule has 3 nitrogen and oxygen atoms in total. The fourth-order valence-corrected chi connectivity index (χ4v) is 1.16. The SMILES string of the molecule is C/C(=C\N(C)C)C(=O)c1ccc(F)cn1. The molecule has 0 bridgehead atoms. The van der Waals surface area contributed by atoms with Gasteiger partial charge in [-0.3, -0.25) is 4.79 Å². The largest absolute Gasteiger partial charge is 0.383 e. The van der Waals surface area contributed by atoms with Gasteiger partial charge in [0.25, 0.3) is 0 Å². The molecule has 1 aromatic rings. The quantitative estimate of drug-likeness (QED) is 0.561. The fraction of sp³-hybridized carbons (Fsp3) is 0.273. The van der Waals surface area contributed by atoms with Crippen LogP contribution in [-0.4, -0.2) is 29.8 Å². The molecule has 0 aliphatic carbocycles. The number of hydrogen-bond donors (Lipinski definition) is 0. The standard InChI is InChI=1S/C11H13FN2O/c1-8(7-14(2)3)11(15)10-5-4-9(12)6-13-10/h4-7H,1-3H3/b8-7+. The maximum absolute atomic E-state index is 12.6. The minimum Gasteiger partial charge on any atom is -0.383 e. The molecule has 0 atom stereocenters. The number of halogens is 1. The molecule has 1 aromatic heterocycles. The van der Waals surface area contributed by atoms with Gasteiger partial charge in [0.05, 0.1) is 6.20 Å². The minimum absolute atomic E-state index is 0.191. The van der Waals surface area contributed by atoms with Crippen LogP contribution in [0.25, 0.3) is 0 Å². The molecule has 0 radical (unpaired) electrons. The Morgan fingerprint density at radius 2 is 2.13 bits per heavy atom. The van der Waals surface area contributed by atoms with Crippen molar-refractivity contribution in [3.63, 3.8) is 0 Å². The van der Waals surface area contributed by atoms with Crippen LogP contribution in [0, 0.1) is 5.82 Å². The second-order valence-electron chi connectivity index (χ2n) is 3.47. The molecule has 0 saturated carbocycles. The van der Waals surface area contributed by atoms with E-state index in [2.05, 4.69) is 4.98 Å². The van der Waals surface area contributed by atoms with Crippen LogP contribution in [0.4, 0.5) is 4.39 Å². The fourth-order valence-electron chi connectivity index (χ4n) is 1.16. The van der Waals surface area contributed by atoms with Gasteiger partial charge in [0.1, 0.15) is 11.5 Å². The predicted molar refractivity (Wildman–Crippen MR) is 56.0 cm³/mol. The zero-order valence-electron chi connectivity index (χ0n) is 8.99. The smallest absolute Gasteiger partial charge is 0.208 e. The summed E-state index contributed by atoms with van der Waals surface area (Å²) >= 11 is 0. The zero-order chi connectivity index (χ0) is 11.4. The Morgan fingerprint density at radius 1 is 1.47 bits per heavy atom. The van der Waals surface area contributed by atoms with Crippen molar-refractivity contribution in [3.05, 3.63) is 41.6 Å². The monoisotopic (exact) mass is 208 g/mol. The van der Waals surface area contributed by atoms with E-state index in [1.54, 1.807) is 18.0 Å². The molecule has 0 fully saturated rings. The molecule has 15 heavy (non-hydrogen) atoms. The Kier molecular flexibility index (Phi) is 3.55. The van der Waals surface area contributed by atoms with Crippen molar-refractivity contribution in [1.29, 1.82) is 0 Å². The second-order valence-corrected chi connectivity index (χ2v) is 3.47.